The second-order valence-corrected chi connectivity index (χ2v) is 7.80. The molecule has 0 fully saturated rings. The van der Waals surface area contributed by atoms with Gasteiger partial charge in [0.15, 0.2) is 17.9 Å². The van der Waals surface area contributed by atoms with E-state index in [9.17, 15) is 18.0 Å². The molecule has 2 aromatic carbocycles. The van der Waals surface area contributed by atoms with Gasteiger partial charge in [-0.15, -0.1) is 0 Å². The summed E-state index contributed by atoms with van der Waals surface area (Å²) in [4.78, 5) is 17.6. The van der Waals surface area contributed by atoms with Crippen molar-refractivity contribution in [2.24, 2.45) is 4.99 Å². The normalized spacial score (nSPS) is 11.0. The predicted molar refractivity (Wildman–Crippen MR) is 120 cm³/mol. The number of aldehydes is 1. The van der Waals surface area contributed by atoms with Crippen LogP contribution in [0.3, 0.4) is 0 Å². The monoisotopic (exact) mass is 458 g/mol. The van der Waals surface area contributed by atoms with Crippen molar-refractivity contribution in [3.8, 4) is 0 Å². The molecule has 2 N–H and O–H groups in total. The fourth-order valence-corrected chi connectivity index (χ4v) is 3.43. The van der Waals surface area contributed by atoms with Crippen LogP contribution in [0, 0.1) is 18.6 Å². The van der Waals surface area contributed by atoms with E-state index in [-0.39, 0.29) is 16.4 Å². The number of benzene rings is 2. The molecule has 0 bridgehead atoms. The van der Waals surface area contributed by atoms with Gasteiger partial charge in [-0.25, -0.2) is 13.8 Å². The first-order valence-corrected chi connectivity index (χ1v) is 10.3. The van der Waals surface area contributed by atoms with Crippen LogP contribution in [0.15, 0.2) is 23.2 Å². The third-order valence-electron chi connectivity index (χ3n) is 4.02. The van der Waals surface area contributed by atoms with E-state index in [0.717, 1.165) is 18.0 Å². The van der Waals surface area contributed by atoms with Crippen molar-refractivity contribution in [1.29, 1.82) is 0 Å². The van der Waals surface area contributed by atoms with E-state index in [0.29, 0.717) is 41.0 Å². The summed E-state index contributed by atoms with van der Waals surface area (Å²) in [5, 5.41) is 2.71. The van der Waals surface area contributed by atoms with E-state index in [1.807, 2.05) is 0 Å². The molecule has 0 radical (unpaired) electrons. The molecule has 0 aliphatic rings. The van der Waals surface area contributed by atoms with Crippen molar-refractivity contribution in [2.45, 2.75) is 13.3 Å². The Balaban J connectivity index is 2.39. The Morgan fingerprint density at radius 2 is 2.00 bits per heavy atom. The van der Waals surface area contributed by atoms with Crippen LogP contribution in [0.1, 0.15) is 22.3 Å². The molecule has 162 valence electrons. The smallest absolute Gasteiger partial charge is 0.183 e. The molecular formula is C20H22ClF3N4OS. The van der Waals surface area contributed by atoms with Gasteiger partial charge in [-0.1, -0.05) is 23.5 Å². The van der Waals surface area contributed by atoms with Gasteiger partial charge in [0.2, 0.25) is 0 Å². The number of anilines is 3. The Morgan fingerprint density at radius 1 is 1.27 bits per heavy atom. The van der Waals surface area contributed by atoms with Crippen LogP contribution in [-0.2, 0) is 0 Å². The topological polar surface area (TPSA) is 56.7 Å². The van der Waals surface area contributed by atoms with Crippen LogP contribution < -0.4 is 10.0 Å². The van der Waals surface area contributed by atoms with Crippen molar-refractivity contribution in [3.05, 3.63) is 46.0 Å². The van der Waals surface area contributed by atoms with E-state index in [1.165, 1.54) is 0 Å². The highest BCUT2D eigenvalue weighted by Gasteiger charge is 2.19. The number of carbonyl (C=O) groups excluding carboxylic acids is 1. The van der Waals surface area contributed by atoms with Crippen LogP contribution in [-0.4, -0.2) is 44.0 Å². The van der Waals surface area contributed by atoms with Crippen LogP contribution in [0.2, 0.25) is 5.02 Å². The number of alkyl halides is 1. The van der Waals surface area contributed by atoms with Crippen LogP contribution >= 0.6 is 23.5 Å². The summed E-state index contributed by atoms with van der Waals surface area (Å²) < 4.78 is 43.6. The average molecular weight is 459 g/mol. The quantitative estimate of drug-likeness (QED) is 0.112. The molecule has 30 heavy (non-hydrogen) atoms. The summed E-state index contributed by atoms with van der Waals surface area (Å²) in [7, 11) is 3.59. The maximum absolute atomic E-state index is 14.5. The van der Waals surface area contributed by atoms with Crippen molar-refractivity contribution in [3.63, 3.8) is 0 Å². The van der Waals surface area contributed by atoms with Crippen molar-refractivity contribution < 1.29 is 18.0 Å². The van der Waals surface area contributed by atoms with E-state index in [1.54, 1.807) is 44.4 Å². The molecule has 0 heterocycles. The fraction of sp³-hybridized carbons (Fsp3) is 0.300. The van der Waals surface area contributed by atoms with Crippen molar-refractivity contribution >= 4 is 58.9 Å². The zero-order valence-electron chi connectivity index (χ0n) is 16.7. The number of hydrogen-bond acceptors (Lipinski definition) is 5. The molecule has 0 aliphatic heterocycles. The van der Waals surface area contributed by atoms with Gasteiger partial charge in [0.05, 0.1) is 35.1 Å². The molecule has 10 heteroatoms. The first-order chi connectivity index (χ1) is 14.3. The highest BCUT2D eigenvalue weighted by Crippen LogP contribution is 2.39. The Bertz CT molecular complexity index is 941. The third-order valence-corrected chi connectivity index (χ3v) is 5.27. The molecule has 0 saturated heterocycles. The number of nitrogens with one attached hydrogen (secondary N) is 2. The van der Waals surface area contributed by atoms with Gasteiger partial charge in [-0.2, -0.15) is 0 Å². The average Bonchev–Trinajstić information content (AvgIpc) is 2.71. The van der Waals surface area contributed by atoms with E-state index in [4.69, 9.17) is 11.6 Å². The molecule has 2 aromatic rings. The minimum atomic E-state index is -1.15. The fourth-order valence-electron chi connectivity index (χ4n) is 2.47. The summed E-state index contributed by atoms with van der Waals surface area (Å²) in [5.74, 6) is -1.82. The number of carbonyl (C=O) groups is 1. The van der Waals surface area contributed by atoms with Gasteiger partial charge in [0, 0.05) is 37.2 Å². The highest BCUT2D eigenvalue weighted by molar-refractivity contribution is 8.00. The van der Waals surface area contributed by atoms with Crippen molar-refractivity contribution in [2.75, 3.05) is 36.6 Å². The lowest BCUT2D eigenvalue weighted by Gasteiger charge is -2.17. The zero-order chi connectivity index (χ0) is 22.3. The van der Waals surface area contributed by atoms with Gasteiger partial charge in [-0.05, 0) is 31.0 Å². The Morgan fingerprint density at radius 3 is 2.63 bits per heavy atom. The third kappa shape index (κ3) is 5.82. The molecule has 0 saturated carbocycles. The number of aliphatic imine (C=N–C) groups is 1. The van der Waals surface area contributed by atoms with Crippen LogP contribution in [0.4, 0.5) is 35.9 Å². The lowest BCUT2D eigenvalue weighted by molar-refractivity contribution is 0.112. The van der Waals surface area contributed by atoms with E-state index >= 15 is 0 Å². The van der Waals surface area contributed by atoms with Gasteiger partial charge in [-0.3, -0.25) is 9.18 Å². The summed E-state index contributed by atoms with van der Waals surface area (Å²) in [6, 6.07) is 4.14. The maximum atomic E-state index is 14.5. The van der Waals surface area contributed by atoms with Gasteiger partial charge in [0.1, 0.15) is 0 Å². The first kappa shape index (κ1) is 23.9. The van der Waals surface area contributed by atoms with Crippen LogP contribution in [0.5, 0.6) is 0 Å². The Hall–Kier alpha value is -2.39. The molecule has 0 atom stereocenters. The SMILES string of the molecule is Cc1c(Nc2c(F)c(F)cc(NSCCCF)c2Cl)ccc(N=CN(C)C)c1C=O. The second-order valence-electron chi connectivity index (χ2n) is 6.52. The molecule has 0 unspecified atom stereocenters. The van der Waals surface area contributed by atoms with Gasteiger partial charge >= 0.3 is 0 Å². The molecule has 0 aliphatic carbocycles. The van der Waals surface area contributed by atoms with E-state index < -0.39 is 18.3 Å². The molecule has 5 nitrogen and oxygen atoms in total. The van der Waals surface area contributed by atoms with Gasteiger partial charge < -0.3 is 14.9 Å². The summed E-state index contributed by atoms with van der Waals surface area (Å²) in [6.07, 6.45) is 2.53. The summed E-state index contributed by atoms with van der Waals surface area (Å²) in [6.45, 7) is 1.19. The minimum absolute atomic E-state index is 0.0663. The number of halogens is 4. The number of hydrogen-bond donors (Lipinski definition) is 2. The lowest BCUT2D eigenvalue weighted by atomic mass is 10.1. The predicted octanol–water partition coefficient (Wildman–Crippen LogP) is 6.12. The van der Waals surface area contributed by atoms with Crippen LogP contribution in [0.25, 0.3) is 0 Å². The van der Waals surface area contributed by atoms with Gasteiger partial charge in [0.25, 0.3) is 0 Å². The molecule has 0 spiro atoms. The lowest BCUT2D eigenvalue weighted by Crippen LogP contribution is -2.07. The highest BCUT2D eigenvalue weighted by atomic mass is 35.5. The Labute approximate surface area is 182 Å². The largest absolute Gasteiger partial charge is 0.369 e. The van der Waals surface area contributed by atoms with Crippen molar-refractivity contribution in [1.82, 2.24) is 4.90 Å². The molecule has 2 rings (SSSR count). The first-order valence-electron chi connectivity index (χ1n) is 8.97. The molecule has 0 aromatic heterocycles. The van der Waals surface area contributed by atoms with E-state index in [2.05, 4.69) is 15.0 Å². The second kappa shape index (κ2) is 11.1. The summed E-state index contributed by atoms with van der Waals surface area (Å²) in [5.41, 5.74) is 1.52. The maximum Gasteiger partial charge on any atom is 0.183 e. The molecule has 0 amide bonds. The number of nitrogens with zero attached hydrogens (tertiary/aromatic N) is 2. The standard InChI is InChI=1S/C20H22ClF3N4OS/c1-12-13(10-29)16(25-11-28(2)3)6-5-15(12)26-20-18(21)17(9-14(23)19(20)24)27-30-8-4-7-22/h5-6,9-11,26-27H,4,7-8H2,1-3H3. The zero-order valence-corrected chi connectivity index (χ0v) is 18.3. The summed E-state index contributed by atoms with van der Waals surface area (Å²) >= 11 is 7.41. The number of rotatable bonds is 10. The minimum Gasteiger partial charge on any atom is -0.369 e. The Kier molecular flexibility index (Phi) is 8.86. The molecular weight excluding hydrogens is 437 g/mol.